The van der Waals surface area contributed by atoms with Gasteiger partial charge in [0.05, 0.1) is 12.6 Å². The van der Waals surface area contributed by atoms with Crippen molar-refractivity contribution in [3.8, 4) is 11.1 Å². The lowest BCUT2D eigenvalue weighted by Crippen LogP contribution is -2.48. The number of ether oxygens (including phenoxy) is 2. The number of hydrogen-bond donors (Lipinski definition) is 3. The van der Waals surface area contributed by atoms with E-state index in [2.05, 4.69) is 27.8 Å². The predicted molar refractivity (Wildman–Crippen MR) is 122 cm³/mol. The second-order valence-corrected chi connectivity index (χ2v) is 8.30. The number of carboxylic acids is 1. The van der Waals surface area contributed by atoms with Crippen molar-refractivity contribution in [1.82, 2.24) is 15.6 Å². The Labute approximate surface area is 200 Å². The molecule has 1 fully saturated rings. The number of carbonyl (C=O) groups excluding carboxylic acids is 2. The quantitative estimate of drug-likeness (QED) is 0.472. The first-order valence-electron chi connectivity index (χ1n) is 11.2. The smallest absolute Gasteiger partial charge is 0.407 e. The van der Waals surface area contributed by atoms with Crippen LogP contribution >= 0.6 is 0 Å². The molecule has 10 heteroatoms. The van der Waals surface area contributed by atoms with Gasteiger partial charge in [0.2, 0.25) is 0 Å². The van der Waals surface area contributed by atoms with Crippen molar-refractivity contribution in [2.45, 2.75) is 31.0 Å². The van der Waals surface area contributed by atoms with E-state index < -0.39 is 30.1 Å². The molecule has 3 aromatic rings. The van der Waals surface area contributed by atoms with Crippen LogP contribution in [0.4, 0.5) is 4.79 Å². The Hall–Kier alpha value is -4.18. The van der Waals surface area contributed by atoms with Gasteiger partial charge in [0.15, 0.2) is 24.0 Å². The van der Waals surface area contributed by atoms with Crippen LogP contribution in [0.3, 0.4) is 0 Å². The van der Waals surface area contributed by atoms with E-state index in [1.165, 1.54) is 0 Å². The summed E-state index contributed by atoms with van der Waals surface area (Å²) in [5.41, 5.74) is 4.21. The molecule has 10 nitrogen and oxygen atoms in total. The van der Waals surface area contributed by atoms with Gasteiger partial charge in [-0.1, -0.05) is 48.5 Å². The van der Waals surface area contributed by atoms with Crippen LogP contribution in [0.5, 0.6) is 0 Å². The summed E-state index contributed by atoms with van der Waals surface area (Å²) in [6.07, 6.45) is -0.140. The number of nitrogens with zero attached hydrogens (tertiary/aromatic N) is 1. The van der Waals surface area contributed by atoms with Crippen LogP contribution in [-0.2, 0) is 20.8 Å². The molecule has 2 aromatic carbocycles. The molecule has 0 saturated carbocycles. The minimum Gasteiger partial charge on any atom is -0.476 e. The van der Waals surface area contributed by atoms with E-state index in [0.29, 0.717) is 6.42 Å². The molecule has 0 bridgehead atoms. The number of carbonyl (C=O) groups is 3. The summed E-state index contributed by atoms with van der Waals surface area (Å²) in [7, 11) is 0. The number of benzene rings is 2. The molecular weight excluding hydrogens is 454 g/mol. The monoisotopic (exact) mass is 477 g/mol. The fourth-order valence-electron chi connectivity index (χ4n) is 4.63. The number of hydrogen-bond acceptors (Lipinski definition) is 7. The second kappa shape index (κ2) is 9.59. The summed E-state index contributed by atoms with van der Waals surface area (Å²) in [6.45, 7) is 0.279. The Morgan fingerprint density at radius 1 is 1.06 bits per heavy atom. The lowest BCUT2D eigenvalue weighted by Gasteiger charge is -2.20. The lowest BCUT2D eigenvalue weighted by atomic mass is 9.98. The highest BCUT2D eigenvalue weighted by molar-refractivity contribution is 5.87. The molecule has 2 aliphatic rings. The Morgan fingerprint density at radius 2 is 1.74 bits per heavy atom. The largest absolute Gasteiger partial charge is 0.476 e. The maximum atomic E-state index is 12.6. The number of carboxylic acid groups (broad SMARTS) is 1. The van der Waals surface area contributed by atoms with Crippen molar-refractivity contribution in [1.29, 1.82) is 0 Å². The van der Waals surface area contributed by atoms with Crippen LogP contribution < -0.4 is 10.6 Å². The van der Waals surface area contributed by atoms with E-state index in [4.69, 9.17) is 19.0 Å². The molecule has 1 aromatic heterocycles. The molecule has 2 amide bonds. The molecule has 1 saturated heterocycles. The highest BCUT2D eigenvalue weighted by atomic mass is 16.6. The number of oxazole rings is 1. The van der Waals surface area contributed by atoms with E-state index in [-0.39, 0.29) is 37.1 Å². The summed E-state index contributed by atoms with van der Waals surface area (Å²) in [5.74, 6) is -1.81. The molecule has 2 heterocycles. The summed E-state index contributed by atoms with van der Waals surface area (Å²) in [4.78, 5) is 40.0. The first-order chi connectivity index (χ1) is 17.0. The first kappa shape index (κ1) is 22.6. The zero-order valence-corrected chi connectivity index (χ0v) is 18.6. The number of nitrogens with one attached hydrogen (secondary N) is 2. The molecule has 35 heavy (non-hydrogen) atoms. The Morgan fingerprint density at radius 3 is 2.43 bits per heavy atom. The van der Waals surface area contributed by atoms with Gasteiger partial charge in [-0.2, -0.15) is 0 Å². The minimum absolute atomic E-state index is 0.0184. The van der Waals surface area contributed by atoms with Gasteiger partial charge >= 0.3 is 12.1 Å². The van der Waals surface area contributed by atoms with Crippen molar-refractivity contribution >= 4 is 18.0 Å². The van der Waals surface area contributed by atoms with Crippen LogP contribution in [0.2, 0.25) is 0 Å². The van der Waals surface area contributed by atoms with E-state index in [1.54, 1.807) is 0 Å². The molecular formula is C25H23N3O7. The van der Waals surface area contributed by atoms with Gasteiger partial charge in [0.1, 0.15) is 6.61 Å². The van der Waals surface area contributed by atoms with Crippen LogP contribution in [0.1, 0.15) is 39.7 Å². The number of rotatable bonds is 7. The number of aromatic nitrogens is 1. The van der Waals surface area contributed by atoms with E-state index in [9.17, 15) is 14.4 Å². The molecule has 1 aliphatic heterocycles. The Bertz CT molecular complexity index is 1230. The van der Waals surface area contributed by atoms with Crippen LogP contribution in [-0.4, -0.2) is 53.4 Å². The lowest BCUT2D eigenvalue weighted by molar-refractivity contribution is -0.131. The summed E-state index contributed by atoms with van der Waals surface area (Å²) in [6, 6.07) is 15.5. The average Bonchev–Trinajstić information content (AvgIpc) is 3.59. The molecule has 2 atom stereocenters. The first-order valence-corrected chi connectivity index (χ1v) is 11.2. The molecule has 0 radical (unpaired) electrons. The zero-order chi connectivity index (χ0) is 24.4. The van der Waals surface area contributed by atoms with Gasteiger partial charge in [-0.05, 0) is 28.7 Å². The van der Waals surface area contributed by atoms with E-state index >= 15 is 0 Å². The highest BCUT2D eigenvalue weighted by Gasteiger charge is 2.36. The summed E-state index contributed by atoms with van der Waals surface area (Å²) < 4.78 is 16.1. The van der Waals surface area contributed by atoms with Crippen molar-refractivity contribution in [3.63, 3.8) is 0 Å². The van der Waals surface area contributed by atoms with Crippen molar-refractivity contribution in [3.05, 3.63) is 77.5 Å². The van der Waals surface area contributed by atoms with Gasteiger partial charge in [0, 0.05) is 12.5 Å². The fraction of sp³-hybridized carbons (Fsp3) is 0.280. The minimum atomic E-state index is -1.25. The van der Waals surface area contributed by atoms with Crippen molar-refractivity contribution in [2.75, 3.05) is 13.2 Å². The fourth-order valence-corrected chi connectivity index (χ4v) is 4.63. The third-order valence-corrected chi connectivity index (χ3v) is 6.26. The van der Waals surface area contributed by atoms with Gasteiger partial charge in [-0.15, -0.1) is 0 Å². The molecule has 5 rings (SSSR count). The van der Waals surface area contributed by atoms with E-state index in [0.717, 1.165) is 28.6 Å². The number of aromatic carboxylic acids is 1. The number of alkyl carbamates (subject to hydrolysis) is 1. The molecule has 180 valence electrons. The average molecular weight is 477 g/mol. The van der Waals surface area contributed by atoms with Gasteiger partial charge < -0.3 is 29.6 Å². The molecule has 0 spiro atoms. The van der Waals surface area contributed by atoms with Crippen molar-refractivity contribution < 1.29 is 33.4 Å². The predicted octanol–water partition coefficient (Wildman–Crippen LogP) is 2.69. The van der Waals surface area contributed by atoms with Crippen LogP contribution in [0.25, 0.3) is 11.1 Å². The maximum Gasteiger partial charge on any atom is 0.407 e. The number of fused-ring (bicyclic) bond motifs is 3. The third kappa shape index (κ3) is 4.47. The summed E-state index contributed by atoms with van der Waals surface area (Å²) >= 11 is 0. The standard InChI is InChI=1S/C25H23N3O7/c29-23(26-11-20-21(24(30)31)27-13-35-20)22-19(9-10-33-22)28-25(32)34-12-18-16-7-3-1-5-14(16)15-6-2-4-8-17(15)18/h1-8,13,18-19,22H,9-12H2,(H,26,29)(H,28,32)(H,30,31)/t19-,22+/m0/s1. The Balaban J connectivity index is 1.17. The van der Waals surface area contributed by atoms with Gasteiger partial charge in [-0.25, -0.2) is 14.6 Å². The second-order valence-electron chi connectivity index (χ2n) is 8.30. The van der Waals surface area contributed by atoms with Crippen LogP contribution in [0, 0.1) is 0 Å². The Kier molecular flexibility index (Phi) is 6.19. The van der Waals surface area contributed by atoms with Crippen LogP contribution in [0.15, 0.2) is 59.3 Å². The zero-order valence-electron chi connectivity index (χ0n) is 18.6. The SMILES string of the molecule is O=C(N[C@H]1CCO[C@H]1C(=O)NCc1ocnc1C(=O)O)OCC1c2ccccc2-c2ccccc21. The molecule has 1 aliphatic carbocycles. The summed E-state index contributed by atoms with van der Waals surface area (Å²) in [5, 5.41) is 14.4. The van der Waals surface area contributed by atoms with Gasteiger partial charge in [0.25, 0.3) is 5.91 Å². The highest BCUT2D eigenvalue weighted by Crippen LogP contribution is 2.44. The molecule has 0 unspecified atom stereocenters. The van der Waals surface area contributed by atoms with Gasteiger partial charge in [-0.3, -0.25) is 4.79 Å². The van der Waals surface area contributed by atoms with E-state index in [1.807, 2.05) is 36.4 Å². The number of amides is 2. The van der Waals surface area contributed by atoms with Crippen molar-refractivity contribution in [2.24, 2.45) is 0 Å². The topological polar surface area (TPSA) is 140 Å². The molecule has 3 N–H and O–H groups in total. The third-order valence-electron chi connectivity index (χ3n) is 6.26. The normalized spacial score (nSPS) is 18.5. The maximum absolute atomic E-state index is 12.6.